The van der Waals surface area contributed by atoms with Crippen molar-refractivity contribution in [2.24, 2.45) is 4.99 Å². The number of ether oxygens (including phenoxy) is 2. The molecule has 1 aromatic heterocycles. The highest BCUT2D eigenvalue weighted by atomic mass is 32.1. The highest BCUT2D eigenvalue weighted by Gasteiger charge is 2.34. The zero-order valence-corrected chi connectivity index (χ0v) is 20.7. The molecule has 0 saturated heterocycles. The summed E-state index contributed by atoms with van der Waals surface area (Å²) < 4.78 is 13.8. The van der Waals surface area contributed by atoms with Gasteiger partial charge in [-0.1, -0.05) is 59.9 Å². The molecule has 2 aliphatic rings. The number of nitrogens with zero attached hydrogens (tertiary/aromatic N) is 2. The zero-order chi connectivity index (χ0) is 24.8. The first-order valence-corrected chi connectivity index (χ1v) is 12.5. The predicted octanol–water partition coefficient (Wildman–Crippen LogP) is 4.04. The number of aryl methyl sites for hydroxylation is 1. The number of benzene rings is 3. The van der Waals surface area contributed by atoms with Crippen LogP contribution < -0.4 is 24.4 Å². The van der Waals surface area contributed by atoms with Crippen LogP contribution in [0.3, 0.4) is 0 Å². The third-order valence-corrected chi connectivity index (χ3v) is 7.77. The molecule has 1 N–H and O–H groups in total. The van der Waals surface area contributed by atoms with Gasteiger partial charge in [0, 0.05) is 11.1 Å². The van der Waals surface area contributed by atoms with Crippen LogP contribution in [0.15, 0.2) is 82.1 Å². The zero-order valence-electron chi connectivity index (χ0n) is 19.9. The molecule has 3 aromatic carbocycles. The van der Waals surface area contributed by atoms with Gasteiger partial charge in [-0.2, -0.15) is 0 Å². The summed E-state index contributed by atoms with van der Waals surface area (Å²) in [4.78, 5) is 19.6. The number of phenolic OH excluding ortho intramolecular Hbond substituents is 1. The Morgan fingerprint density at radius 1 is 1.00 bits per heavy atom. The van der Waals surface area contributed by atoms with Crippen LogP contribution in [-0.4, -0.2) is 23.9 Å². The van der Waals surface area contributed by atoms with Crippen LogP contribution >= 0.6 is 11.3 Å². The highest BCUT2D eigenvalue weighted by molar-refractivity contribution is 7.07. The fraction of sp³-hybridized carbons (Fsp3) is 0.172. The van der Waals surface area contributed by atoms with E-state index in [1.165, 1.54) is 16.9 Å². The van der Waals surface area contributed by atoms with Crippen molar-refractivity contribution in [3.05, 3.63) is 114 Å². The molecule has 180 valence electrons. The third-order valence-electron chi connectivity index (χ3n) is 6.79. The summed E-state index contributed by atoms with van der Waals surface area (Å²) in [6.45, 7) is 0. The number of allylic oxidation sites excluding steroid dienone is 1. The van der Waals surface area contributed by atoms with E-state index < -0.39 is 0 Å². The number of aromatic nitrogens is 1. The quantitative estimate of drug-likeness (QED) is 0.463. The Kier molecular flexibility index (Phi) is 5.49. The van der Waals surface area contributed by atoms with Gasteiger partial charge in [-0.05, 0) is 53.8 Å². The number of para-hydroxylation sites is 1. The van der Waals surface area contributed by atoms with Crippen molar-refractivity contribution < 1.29 is 14.6 Å². The molecular weight excluding hydrogens is 472 g/mol. The van der Waals surface area contributed by atoms with E-state index >= 15 is 0 Å². The number of rotatable bonds is 4. The van der Waals surface area contributed by atoms with Gasteiger partial charge in [0.2, 0.25) is 0 Å². The smallest absolute Gasteiger partial charge is 0.271 e. The van der Waals surface area contributed by atoms with Crippen LogP contribution in [0.1, 0.15) is 34.7 Å². The molecule has 6 nitrogen and oxygen atoms in total. The SMILES string of the molecule is COc1cccc(C2C3=C(N=c4s/c(=C/c5ccc(O)cc5)c(=O)n42)c2ccccc2CC3)c1OC. The van der Waals surface area contributed by atoms with Crippen molar-refractivity contribution in [3.8, 4) is 17.2 Å². The average molecular weight is 497 g/mol. The molecular formula is C29H24N2O4S. The number of phenols is 1. The number of fused-ring (bicyclic) bond motifs is 3. The standard InChI is InChI=1S/C29H24N2O4S/c1-34-23-9-5-8-22(27(23)35-2)26-21-15-12-18-6-3-4-7-20(18)25(21)30-29-31(26)28(33)24(36-29)16-17-10-13-19(32)14-11-17/h3-11,13-14,16,26,32H,12,15H2,1-2H3/b24-16+. The van der Waals surface area contributed by atoms with Crippen molar-refractivity contribution in [3.63, 3.8) is 0 Å². The van der Waals surface area contributed by atoms with E-state index in [0.717, 1.165) is 40.8 Å². The molecule has 2 heterocycles. The molecule has 0 bridgehead atoms. The average Bonchev–Trinajstić information content (AvgIpc) is 3.22. The van der Waals surface area contributed by atoms with Crippen molar-refractivity contribution in [1.29, 1.82) is 0 Å². The van der Waals surface area contributed by atoms with Gasteiger partial charge in [0.1, 0.15) is 5.75 Å². The van der Waals surface area contributed by atoms with Gasteiger partial charge in [0.15, 0.2) is 16.3 Å². The molecule has 7 heteroatoms. The summed E-state index contributed by atoms with van der Waals surface area (Å²) >= 11 is 1.37. The number of aromatic hydroxyl groups is 1. The lowest BCUT2D eigenvalue weighted by Crippen LogP contribution is -2.39. The van der Waals surface area contributed by atoms with E-state index in [1.54, 1.807) is 43.1 Å². The molecule has 1 unspecified atom stereocenters. The Labute approximate surface area is 211 Å². The molecule has 4 aromatic rings. The molecule has 1 atom stereocenters. The summed E-state index contributed by atoms with van der Waals surface area (Å²) in [6.07, 6.45) is 3.52. The van der Waals surface area contributed by atoms with Gasteiger partial charge in [0.25, 0.3) is 5.56 Å². The molecule has 1 aliphatic carbocycles. The first kappa shape index (κ1) is 22.4. The minimum atomic E-state index is -0.364. The minimum Gasteiger partial charge on any atom is -0.508 e. The molecule has 0 spiro atoms. The Bertz CT molecular complexity index is 1700. The van der Waals surface area contributed by atoms with Crippen LogP contribution in [-0.2, 0) is 6.42 Å². The third kappa shape index (κ3) is 3.55. The second-order valence-electron chi connectivity index (χ2n) is 8.79. The van der Waals surface area contributed by atoms with E-state index in [2.05, 4.69) is 18.2 Å². The normalized spacial score (nSPS) is 16.6. The van der Waals surface area contributed by atoms with Gasteiger partial charge in [-0.25, -0.2) is 4.99 Å². The summed E-state index contributed by atoms with van der Waals surface area (Å²) in [5.41, 5.74) is 6.01. The lowest BCUT2D eigenvalue weighted by Gasteiger charge is -2.31. The monoisotopic (exact) mass is 496 g/mol. The summed E-state index contributed by atoms with van der Waals surface area (Å²) in [6, 6.07) is 20.6. The lowest BCUT2D eigenvalue weighted by atomic mass is 9.83. The van der Waals surface area contributed by atoms with Gasteiger partial charge < -0.3 is 14.6 Å². The second kappa shape index (κ2) is 8.84. The molecule has 1 aliphatic heterocycles. The Balaban J connectivity index is 1.65. The second-order valence-corrected chi connectivity index (χ2v) is 9.80. The topological polar surface area (TPSA) is 73.0 Å². The van der Waals surface area contributed by atoms with E-state index in [0.29, 0.717) is 20.8 Å². The molecule has 0 amide bonds. The van der Waals surface area contributed by atoms with Crippen LogP contribution in [0, 0.1) is 0 Å². The van der Waals surface area contributed by atoms with Crippen LogP contribution in [0.25, 0.3) is 11.8 Å². The van der Waals surface area contributed by atoms with Gasteiger partial charge >= 0.3 is 0 Å². The molecule has 6 rings (SSSR count). The maximum absolute atomic E-state index is 13.9. The maximum atomic E-state index is 13.9. The van der Waals surface area contributed by atoms with E-state index in [4.69, 9.17) is 14.5 Å². The van der Waals surface area contributed by atoms with Crippen molar-refractivity contribution >= 4 is 23.1 Å². The molecule has 0 fully saturated rings. The molecule has 0 saturated carbocycles. The Hall–Kier alpha value is -4.10. The summed E-state index contributed by atoms with van der Waals surface area (Å²) in [5.74, 6) is 1.42. The van der Waals surface area contributed by atoms with Crippen LogP contribution in [0.4, 0.5) is 0 Å². The number of hydrogen-bond donors (Lipinski definition) is 1. The Morgan fingerprint density at radius 2 is 1.81 bits per heavy atom. The molecule has 36 heavy (non-hydrogen) atoms. The van der Waals surface area contributed by atoms with Crippen LogP contribution in [0.5, 0.6) is 17.2 Å². The first-order chi connectivity index (χ1) is 17.6. The van der Waals surface area contributed by atoms with Crippen molar-refractivity contribution in [1.82, 2.24) is 4.57 Å². The highest BCUT2D eigenvalue weighted by Crippen LogP contribution is 2.45. The molecule has 0 radical (unpaired) electrons. The van der Waals surface area contributed by atoms with Crippen molar-refractivity contribution in [2.75, 3.05) is 14.2 Å². The number of thiazole rings is 1. The summed E-state index contributed by atoms with van der Waals surface area (Å²) in [5, 5.41) is 9.64. The van der Waals surface area contributed by atoms with Crippen LogP contribution in [0.2, 0.25) is 0 Å². The Morgan fingerprint density at radius 3 is 2.58 bits per heavy atom. The minimum absolute atomic E-state index is 0.105. The van der Waals surface area contributed by atoms with Crippen molar-refractivity contribution in [2.45, 2.75) is 18.9 Å². The predicted molar refractivity (Wildman–Crippen MR) is 140 cm³/mol. The largest absolute Gasteiger partial charge is 0.508 e. The maximum Gasteiger partial charge on any atom is 0.271 e. The number of hydrogen-bond acceptors (Lipinski definition) is 6. The first-order valence-electron chi connectivity index (χ1n) is 11.7. The fourth-order valence-corrected chi connectivity index (χ4v) is 6.15. The van der Waals surface area contributed by atoms with E-state index in [-0.39, 0.29) is 17.4 Å². The van der Waals surface area contributed by atoms with E-state index in [9.17, 15) is 9.90 Å². The van der Waals surface area contributed by atoms with E-state index in [1.807, 2.05) is 30.3 Å². The summed E-state index contributed by atoms with van der Waals surface area (Å²) in [7, 11) is 3.24. The van der Waals surface area contributed by atoms with Gasteiger partial charge in [-0.15, -0.1) is 0 Å². The fourth-order valence-electron chi connectivity index (χ4n) is 5.15. The van der Waals surface area contributed by atoms with Gasteiger partial charge in [-0.3, -0.25) is 9.36 Å². The number of methoxy groups -OCH3 is 2. The lowest BCUT2D eigenvalue weighted by molar-refractivity contribution is 0.348. The van der Waals surface area contributed by atoms with Gasteiger partial charge in [0.05, 0.1) is 30.5 Å².